The van der Waals surface area contributed by atoms with Crippen LogP contribution >= 0.6 is 36.6 Å². The molecule has 1 aliphatic heterocycles. The van der Waals surface area contributed by atoms with Gasteiger partial charge in [-0.15, -0.1) is 24.8 Å². The summed E-state index contributed by atoms with van der Waals surface area (Å²) in [6, 6.07) is 7.90. The molecule has 144 valence electrons. The molecule has 1 aliphatic rings. The maximum absolute atomic E-state index is 12.2. The van der Waals surface area contributed by atoms with Gasteiger partial charge in [0.15, 0.2) is 0 Å². The fourth-order valence-corrected chi connectivity index (χ4v) is 3.61. The van der Waals surface area contributed by atoms with E-state index in [9.17, 15) is 4.79 Å². The van der Waals surface area contributed by atoms with Gasteiger partial charge < -0.3 is 10.2 Å². The molecule has 0 aromatic heterocycles. The molecule has 0 amide bonds. The molecular weight excluding hydrogens is 375 g/mol. The van der Waals surface area contributed by atoms with Crippen LogP contribution in [0.3, 0.4) is 0 Å². The number of rotatable bonds is 9. The van der Waals surface area contributed by atoms with Crippen LogP contribution in [0.5, 0.6) is 0 Å². The van der Waals surface area contributed by atoms with Gasteiger partial charge in [-0.2, -0.15) is 0 Å². The summed E-state index contributed by atoms with van der Waals surface area (Å²) in [4.78, 5) is 14.7. The van der Waals surface area contributed by atoms with E-state index in [0.717, 1.165) is 36.5 Å². The molecule has 2 rings (SSSR count). The molecule has 0 atom stereocenters. The van der Waals surface area contributed by atoms with E-state index in [-0.39, 0.29) is 29.9 Å². The maximum atomic E-state index is 12.2. The number of thioether (sulfide) groups is 1. The highest BCUT2D eigenvalue weighted by molar-refractivity contribution is 8.14. The van der Waals surface area contributed by atoms with Crippen molar-refractivity contribution < 1.29 is 4.79 Å². The third-order valence-electron chi connectivity index (χ3n) is 4.28. The van der Waals surface area contributed by atoms with Gasteiger partial charge in [-0.1, -0.05) is 31.5 Å². The Hall–Kier alpha value is -0.420. The van der Waals surface area contributed by atoms with Crippen molar-refractivity contribution in [2.45, 2.75) is 45.4 Å². The topological polar surface area (TPSA) is 32.3 Å². The Morgan fingerprint density at radius 3 is 2.40 bits per heavy atom. The Morgan fingerprint density at radius 2 is 1.76 bits per heavy atom. The Bertz CT molecular complexity index is 465. The largest absolute Gasteiger partial charge is 0.385 e. The summed E-state index contributed by atoms with van der Waals surface area (Å²) in [5, 5.41) is 3.57. The quantitative estimate of drug-likeness (QED) is 0.549. The second-order valence-corrected chi connectivity index (χ2v) is 7.32. The molecule has 1 N–H and O–H groups in total. The van der Waals surface area contributed by atoms with E-state index >= 15 is 0 Å². The average Bonchev–Trinajstić information content (AvgIpc) is 2.60. The van der Waals surface area contributed by atoms with Crippen molar-refractivity contribution in [1.82, 2.24) is 4.90 Å². The Kier molecular flexibility index (Phi) is 14.5. The standard InChI is InChI=1S/C19H30N2OS.2ClH/c1-2-3-12-20-18-10-8-17(9-11-18)19(22)23-16-7-15-21-13-5-4-6-14-21;;/h8-11,20H,2-7,12-16H2,1H3;2*1H. The molecule has 0 saturated carbocycles. The normalized spacial score (nSPS) is 14.3. The van der Waals surface area contributed by atoms with Gasteiger partial charge in [-0.3, -0.25) is 4.79 Å². The minimum atomic E-state index is 0. The zero-order chi connectivity index (χ0) is 16.3. The second-order valence-electron chi connectivity index (χ2n) is 6.25. The lowest BCUT2D eigenvalue weighted by Gasteiger charge is -2.26. The molecule has 0 radical (unpaired) electrons. The molecule has 0 aliphatic carbocycles. The highest BCUT2D eigenvalue weighted by atomic mass is 35.5. The summed E-state index contributed by atoms with van der Waals surface area (Å²) in [6.45, 7) is 6.80. The molecule has 1 aromatic carbocycles. The fraction of sp³-hybridized carbons (Fsp3) is 0.632. The van der Waals surface area contributed by atoms with Crippen molar-refractivity contribution in [2.24, 2.45) is 0 Å². The second kappa shape index (κ2) is 14.7. The van der Waals surface area contributed by atoms with E-state index in [4.69, 9.17) is 0 Å². The van der Waals surface area contributed by atoms with E-state index < -0.39 is 0 Å². The molecule has 0 unspecified atom stereocenters. The van der Waals surface area contributed by atoms with Crippen molar-refractivity contribution in [3.05, 3.63) is 29.8 Å². The lowest BCUT2D eigenvalue weighted by atomic mass is 10.1. The van der Waals surface area contributed by atoms with Crippen molar-refractivity contribution in [3.8, 4) is 0 Å². The van der Waals surface area contributed by atoms with Gasteiger partial charge in [-0.05, 0) is 69.6 Å². The molecular formula is C19H32Cl2N2OS. The van der Waals surface area contributed by atoms with E-state index in [1.54, 1.807) is 0 Å². The number of anilines is 1. The summed E-state index contributed by atoms with van der Waals surface area (Å²) in [5.41, 5.74) is 1.92. The lowest BCUT2D eigenvalue weighted by molar-refractivity contribution is 0.108. The molecule has 3 nitrogen and oxygen atoms in total. The van der Waals surface area contributed by atoms with Crippen LogP contribution in [-0.2, 0) is 0 Å². The zero-order valence-corrected chi connectivity index (χ0v) is 17.6. The first-order chi connectivity index (χ1) is 11.3. The molecule has 25 heavy (non-hydrogen) atoms. The number of halogens is 2. The van der Waals surface area contributed by atoms with Crippen LogP contribution in [0, 0.1) is 0 Å². The third-order valence-corrected chi connectivity index (χ3v) is 5.27. The number of hydrogen-bond donors (Lipinski definition) is 1. The molecule has 6 heteroatoms. The maximum Gasteiger partial charge on any atom is 0.219 e. The molecule has 1 aromatic rings. The van der Waals surface area contributed by atoms with Gasteiger partial charge in [0.25, 0.3) is 0 Å². The number of carbonyl (C=O) groups excluding carboxylic acids is 1. The van der Waals surface area contributed by atoms with Crippen LogP contribution < -0.4 is 5.32 Å². The number of hydrogen-bond acceptors (Lipinski definition) is 4. The molecule has 0 bridgehead atoms. The Morgan fingerprint density at radius 1 is 1.08 bits per heavy atom. The smallest absolute Gasteiger partial charge is 0.219 e. The summed E-state index contributed by atoms with van der Waals surface area (Å²) in [7, 11) is 0. The number of nitrogens with one attached hydrogen (secondary N) is 1. The Balaban J connectivity index is 0.00000288. The van der Waals surface area contributed by atoms with Crippen LogP contribution in [0.4, 0.5) is 5.69 Å². The van der Waals surface area contributed by atoms with Crippen molar-refractivity contribution >= 4 is 47.4 Å². The van der Waals surface area contributed by atoms with Gasteiger partial charge in [0.2, 0.25) is 5.12 Å². The monoisotopic (exact) mass is 406 g/mol. The van der Waals surface area contributed by atoms with Crippen molar-refractivity contribution in [3.63, 3.8) is 0 Å². The number of benzene rings is 1. The zero-order valence-electron chi connectivity index (χ0n) is 15.2. The highest BCUT2D eigenvalue weighted by Crippen LogP contribution is 2.17. The predicted molar refractivity (Wildman–Crippen MR) is 116 cm³/mol. The number of likely N-dealkylation sites (tertiary alicyclic amines) is 1. The number of carbonyl (C=O) groups is 1. The van der Waals surface area contributed by atoms with Crippen molar-refractivity contribution in [1.29, 1.82) is 0 Å². The average molecular weight is 407 g/mol. The Labute approximate surface area is 169 Å². The van der Waals surface area contributed by atoms with E-state index in [1.807, 2.05) is 24.3 Å². The van der Waals surface area contributed by atoms with Crippen LogP contribution in [0.25, 0.3) is 0 Å². The van der Waals surface area contributed by atoms with Gasteiger partial charge >= 0.3 is 0 Å². The van der Waals surface area contributed by atoms with Crippen LogP contribution in [-0.4, -0.2) is 41.9 Å². The van der Waals surface area contributed by atoms with E-state index in [0.29, 0.717) is 0 Å². The molecule has 1 fully saturated rings. The van der Waals surface area contributed by atoms with Gasteiger partial charge in [-0.25, -0.2) is 0 Å². The first-order valence-electron chi connectivity index (χ1n) is 9.03. The first-order valence-corrected chi connectivity index (χ1v) is 10.0. The molecule has 1 saturated heterocycles. The van der Waals surface area contributed by atoms with E-state index in [1.165, 1.54) is 57.0 Å². The number of nitrogens with zero attached hydrogens (tertiary/aromatic N) is 1. The molecule has 0 spiro atoms. The van der Waals surface area contributed by atoms with Gasteiger partial charge in [0.1, 0.15) is 0 Å². The highest BCUT2D eigenvalue weighted by Gasteiger charge is 2.10. The SMILES string of the molecule is CCCCNc1ccc(C(=O)SCCCN2CCCCC2)cc1.Cl.Cl. The number of unbranched alkanes of at least 4 members (excludes halogenated alkanes) is 1. The van der Waals surface area contributed by atoms with Crippen LogP contribution in [0.1, 0.15) is 55.8 Å². The van der Waals surface area contributed by atoms with Gasteiger partial charge in [0, 0.05) is 23.5 Å². The minimum absolute atomic E-state index is 0. The fourth-order valence-electron chi connectivity index (χ4n) is 2.85. The summed E-state index contributed by atoms with van der Waals surface area (Å²) >= 11 is 1.46. The summed E-state index contributed by atoms with van der Waals surface area (Å²) < 4.78 is 0. The summed E-state index contributed by atoms with van der Waals surface area (Å²) in [6.07, 6.45) is 7.53. The molecule has 1 heterocycles. The number of piperidine rings is 1. The van der Waals surface area contributed by atoms with E-state index in [2.05, 4.69) is 17.1 Å². The van der Waals surface area contributed by atoms with Crippen LogP contribution in [0.2, 0.25) is 0 Å². The lowest BCUT2D eigenvalue weighted by Crippen LogP contribution is -2.30. The third kappa shape index (κ3) is 9.74. The first kappa shape index (κ1) is 24.6. The van der Waals surface area contributed by atoms with Gasteiger partial charge in [0.05, 0.1) is 0 Å². The van der Waals surface area contributed by atoms with Crippen molar-refractivity contribution in [2.75, 3.05) is 37.2 Å². The minimum Gasteiger partial charge on any atom is -0.385 e. The summed E-state index contributed by atoms with van der Waals surface area (Å²) in [5.74, 6) is 0.922. The predicted octanol–water partition coefficient (Wildman–Crippen LogP) is 5.49. The van der Waals surface area contributed by atoms with Crippen LogP contribution in [0.15, 0.2) is 24.3 Å².